The van der Waals surface area contributed by atoms with Crippen molar-refractivity contribution in [1.82, 2.24) is 10.1 Å². The lowest BCUT2D eigenvalue weighted by Gasteiger charge is -2.17. The van der Waals surface area contributed by atoms with Crippen molar-refractivity contribution in [2.75, 3.05) is 7.05 Å². The SMILES string of the molecule is Cc1noc(C)c1CN(C)Cc1cc([N+](=O)[O-])ccc1Cl. The molecular weight excluding hydrogens is 294 g/mol. The van der Waals surface area contributed by atoms with Crippen LogP contribution in [0.4, 0.5) is 5.69 Å². The van der Waals surface area contributed by atoms with Crippen LogP contribution in [0, 0.1) is 24.0 Å². The van der Waals surface area contributed by atoms with Gasteiger partial charge in [0, 0.05) is 35.8 Å². The van der Waals surface area contributed by atoms with Crippen LogP contribution < -0.4 is 0 Å². The molecule has 0 bridgehead atoms. The van der Waals surface area contributed by atoms with E-state index in [1.807, 2.05) is 25.8 Å². The Bertz CT molecular complexity index is 650. The van der Waals surface area contributed by atoms with Gasteiger partial charge in [0.2, 0.25) is 0 Å². The molecular formula is C14H16ClN3O3. The zero-order valence-electron chi connectivity index (χ0n) is 12.1. The minimum Gasteiger partial charge on any atom is -0.361 e. The second-order valence-corrected chi connectivity index (χ2v) is 5.42. The third-order valence-electron chi connectivity index (χ3n) is 3.29. The molecule has 0 spiro atoms. The molecule has 1 aromatic heterocycles. The van der Waals surface area contributed by atoms with E-state index < -0.39 is 4.92 Å². The molecule has 0 amide bonds. The van der Waals surface area contributed by atoms with Crippen molar-refractivity contribution in [2.45, 2.75) is 26.9 Å². The smallest absolute Gasteiger partial charge is 0.269 e. The van der Waals surface area contributed by atoms with Crippen LogP contribution in [0.2, 0.25) is 5.02 Å². The number of nitro benzene ring substituents is 1. The van der Waals surface area contributed by atoms with Crippen molar-refractivity contribution >= 4 is 17.3 Å². The van der Waals surface area contributed by atoms with Gasteiger partial charge in [0.15, 0.2) is 0 Å². The molecule has 0 atom stereocenters. The van der Waals surface area contributed by atoms with E-state index in [-0.39, 0.29) is 5.69 Å². The van der Waals surface area contributed by atoms with Gasteiger partial charge in [-0.15, -0.1) is 0 Å². The standard InChI is InChI=1S/C14H16ClN3O3/c1-9-13(10(2)21-16-9)8-17(3)7-11-6-12(18(19)20)4-5-14(11)15/h4-6H,7-8H2,1-3H3. The number of rotatable bonds is 5. The highest BCUT2D eigenvalue weighted by Gasteiger charge is 2.14. The van der Waals surface area contributed by atoms with E-state index in [9.17, 15) is 10.1 Å². The number of nitro groups is 1. The largest absolute Gasteiger partial charge is 0.361 e. The van der Waals surface area contributed by atoms with Crippen molar-refractivity contribution < 1.29 is 9.45 Å². The molecule has 7 heteroatoms. The van der Waals surface area contributed by atoms with Crippen molar-refractivity contribution in [3.63, 3.8) is 0 Å². The Labute approximate surface area is 127 Å². The van der Waals surface area contributed by atoms with Gasteiger partial charge in [0.05, 0.1) is 10.6 Å². The summed E-state index contributed by atoms with van der Waals surface area (Å²) in [6, 6.07) is 4.46. The van der Waals surface area contributed by atoms with E-state index in [0.717, 1.165) is 22.6 Å². The summed E-state index contributed by atoms with van der Waals surface area (Å²) in [5.41, 5.74) is 2.64. The van der Waals surface area contributed by atoms with E-state index in [4.69, 9.17) is 16.1 Å². The third kappa shape index (κ3) is 3.59. The van der Waals surface area contributed by atoms with Gasteiger partial charge in [-0.1, -0.05) is 16.8 Å². The molecule has 112 valence electrons. The fourth-order valence-corrected chi connectivity index (χ4v) is 2.32. The Balaban J connectivity index is 2.14. The number of non-ortho nitro benzene ring substituents is 1. The maximum atomic E-state index is 10.8. The van der Waals surface area contributed by atoms with Crippen LogP contribution in [-0.2, 0) is 13.1 Å². The van der Waals surface area contributed by atoms with Crippen molar-refractivity contribution in [1.29, 1.82) is 0 Å². The van der Waals surface area contributed by atoms with Crippen LogP contribution in [0.15, 0.2) is 22.7 Å². The summed E-state index contributed by atoms with van der Waals surface area (Å²) in [7, 11) is 1.92. The Morgan fingerprint density at radius 3 is 2.67 bits per heavy atom. The normalized spacial score (nSPS) is 11.1. The summed E-state index contributed by atoms with van der Waals surface area (Å²) in [4.78, 5) is 12.4. The Kier molecular flexibility index (Phi) is 4.59. The molecule has 0 saturated carbocycles. The predicted molar refractivity (Wildman–Crippen MR) is 79.3 cm³/mol. The van der Waals surface area contributed by atoms with Gasteiger partial charge in [0.1, 0.15) is 5.76 Å². The van der Waals surface area contributed by atoms with Gasteiger partial charge in [-0.3, -0.25) is 15.0 Å². The maximum Gasteiger partial charge on any atom is 0.269 e. The first-order valence-corrected chi connectivity index (χ1v) is 6.79. The molecule has 0 fully saturated rings. The molecule has 2 aromatic rings. The predicted octanol–water partition coefficient (Wildman–Crippen LogP) is 3.49. The number of aryl methyl sites for hydroxylation is 2. The first-order chi connectivity index (χ1) is 9.88. The minimum absolute atomic E-state index is 0.0418. The molecule has 1 heterocycles. The van der Waals surface area contributed by atoms with Crippen LogP contribution in [0.5, 0.6) is 0 Å². The van der Waals surface area contributed by atoms with Crippen LogP contribution >= 0.6 is 11.6 Å². The zero-order chi connectivity index (χ0) is 15.6. The number of nitrogens with zero attached hydrogens (tertiary/aromatic N) is 3. The summed E-state index contributed by atoms with van der Waals surface area (Å²) in [5.74, 6) is 0.782. The lowest BCUT2D eigenvalue weighted by atomic mass is 10.1. The van der Waals surface area contributed by atoms with Gasteiger partial charge >= 0.3 is 0 Å². The Morgan fingerprint density at radius 1 is 1.38 bits per heavy atom. The highest BCUT2D eigenvalue weighted by Crippen LogP contribution is 2.24. The average molecular weight is 310 g/mol. The Morgan fingerprint density at radius 2 is 2.10 bits per heavy atom. The summed E-state index contributed by atoms with van der Waals surface area (Å²) in [6.45, 7) is 4.90. The third-order valence-corrected chi connectivity index (χ3v) is 3.66. The quantitative estimate of drug-likeness (QED) is 0.624. The molecule has 1 aromatic carbocycles. The first kappa shape index (κ1) is 15.5. The lowest BCUT2D eigenvalue weighted by molar-refractivity contribution is -0.384. The number of hydrogen-bond donors (Lipinski definition) is 0. The molecule has 0 saturated heterocycles. The molecule has 0 N–H and O–H groups in total. The molecule has 2 rings (SSSR count). The van der Waals surface area contributed by atoms with Gasteiger partial charge in [0.25, 0.3) is 5.69 Å². The van der Waals surface area contributed by atoms with Crippen LogP contribution in [-0.4, -0.2) is 22.0 Å². The van der Waals surface area contributed by atoms with Crippen molar-refractivity contribution in [3.8, 4) is 0 Å². The van der Waals surface area contributed by atoms with E-state index >= 15 is 0 Å². The number of benzene rings is 1. The fraction of sp³-hybridized carbons (Fsp3) is 0.357. The number of hydrogen-bond acceptors (Lipinski definition) is 5. The van der Waals surface area contributed by atoms with E-state index in [1.165, 1.54) is 12.1 Å². The van der Waals surface area contributed by atoms with E-state index in [1.54, 1.807) is 6.07 Å². The summed E-state index contributed by atoms with van der Waals surface area (Å²) in [6.07, 6.45) is 0. The van der Waals surface area contributed by atoms with Crippen LogP contribution in [0.25, 0.3) is 0 Å². The highest BCUT2D eigenvalue weighted by molar-refractivity contribution is 6.31. The molecule has 0 aliphatic rings. The zero-order valence-corrected chi connectivity index (χ0v) is 12.8. The highest BCUT2D eigenvalue weighted by atomic mass is 35.5. The second kappa shape index (κ2) is 6.24. The monoisotopic (exact) mass is 309 g/mol. The maximum absolute atomic E-state index is 10.8. The molecule has 0 unspecified atom stereocenters. The lowest BCUT2D eigenvalue weighted by Crippen LogP contribution is -2.18. The van der Waals surface area contributed by atoms with Crippen molar-refractivity contribution in [3.05, 3.63) is 55.9 Å². The molecule has 0 aliphatic carbocycles. The van der Waals surface area contributed by atoms with Gasteiger partial charge in [-0.25, -0.2) is 0 Å². The Hall–Kier alpha value is -1.92. The minimum atomic E-state index is -0.422. The number of halogens is 1. The summed E-state index contributed by atoms with van der Waals surface area (Å²) >= 11 is 6.11. The van der Waals surface area contributed by atoms with Crippen LogP contribution in [0.3, 0.4) is 0 Å². The van der Waals surface area contributed by atoms with Gasteiger partial charge in [-0.2, -0.15) is 0 Å². The average Bonchev–Trinajstić information content (AvgIpc) is 2.73. The molecule has 21 heavy (non-hydrogen) atoms. The molecule has 0 aliphatic heterocycles. The first-order valence-electron chi connectivity index (χ1n) is 6.41. The van der Waals surface area contributed by atoms with E-state index in [2.05, 4.69) is 5.16 Å². The van der Waals surface area contributed by atoms with E-state index in [0.29, 0.717) is 18.1 Å². The topological polar surface area (TPSA) is 72.4 Å². The summed E-state index contributed by atoms with van der Waals surface area (Å²) < 4.78 is 5.13. The van der Waals surface area contributed by atoms with Crippen molar-refractivity contribution in [2.24, 2.45) is 0 Å². The molecule has 0 radical (unpaired) electrons. The fourth-order valence-electron chi connectivity index (χ4n) is 2.14. The number of aromatic nitrogens is 1. The van der Waals surface area contributed by atoms with Crippen LogP contribution in [0.1, 0.15) is 22.6 Å². The molecule has 6 nitrogen and oxygen atoms in total. The second-order valence-electron chi connectivity index (χ2n) is 5.01. The van der Waals surface area contributed by atoms with Gasteiger partial charge < -0.3 is 4.52 Å². The van der Waals surface area contributed by atoms with Gasteiger partial charge in [-0.05, 0) is 32.5 Å². The summed E-state index contributed by atoms with van der Waals surface area (Å²) in [5, 5.41) is 15.3.